The van der Waals surface area contributed by atoms with Crippen LogP contribution in [0, 0.1) is 5.92 Å². The molecule has 1 aliphatic rings. The topological polar surface area (TPSA) is 84.7 Å². The molecule has 2 rings (SSSR count). The van der Waals surface area contributed by atoms with Crippen LogP contribution in [0.2, 0.25) is 0 Å². The van der Waals surface area contributed by atoms with Gasteiger partial charge in [0.1, 0.15) is 0 Å². The second kappa shape index (κ2) is 10.3. The molecule has 1 fully saturated rings. The molecule has 2 atom stereocenters. The summed E-state index contributed by atoms with van der Waals surface area (Å²) < 4.78 is 5.40. The molecule has 1 aromatic carbocycles. The second-order valence-corrected chi connectivity index (χ2v) is 5.73. The zero-order valence-electron chi connectivity index (χ0n) is 13.9. The SMILES string of the molecule is COC(C(=O)N1CCCC(C(=O)NCCN)C1)c1ccccc1.Cl. The van der Waals surface area contributed by atoms with Crippen LogP contribution in [0.5, 0.6) is 0 Å². The average molecular weight is 356 g/mol. The molecule has 24 heavy (non-hydrogen) atoms. The number of carbonyl (C=O) groups is 2. The van der Waals surface area contributed by atoms with E-state index in [1.54, 1.807) is 4.90 Å². The molecule has 3 N–H and O–H groups in total. The summed E-state index contributed by atoms with van der Waals surface area (Å²) in [4.78, 5) is 26.6. The number of hydrogen-bond acceptors (Lipinski definition) is 4. The number of nitrogens with zero attached hydrogens (tertiary/aromatic N) is 1. The monoisotopic (exact) mass is 355 g/mol. The minimum absolute atomic E-state index is 0. The van der Waals surface area contributed by atoms with Crippen LogP contribution in [0.25, 0.3) is 0 Å². The van der Waals surface area contributed by atoms with Crippen molar-refractivity contribution in [3.63, 3.8) is 0 Å². The summed E-state index contributed by atoms with van der Waals surface area (Å²) in [7, 11) is 1.53. The van der Waals surface area contributed by atoms with Crippen LogP contribution in [0.4, 0.5) is 0 Å². The van der Waals surface area contributed by atoms with Gasteiger partial charge in [0, 0.05) is 33.3 Å². The van der Waals surface area contributed by atoms with E-state index >= 15 is 0 Å². The van der Waals surface area contributed by atoms with E-state index in [4.69, 9.17) is 10.5 Å². The van der Waals surface area contributed by atoms with Crippen molar-refractivity contribution in [1.29, 1.82) is 0 Å². The Bertz CT molecular complexity index is 527. The van der Waals surface area contributed by atoms with E-state index in [1.807, 2.05) is 30.3 Å². The van der Waals surface area contributed by atoms with Crippen LogP contribution in [0.15, 0.2) is 30.3 Å². The highest BCUT2D eigenvalue weighted by Crippen LogP contribution is 2.23. The molecule has 1 saturated heterocycles. The Labute approximate surface area is 149 Å². The van der Waals surface area contributed by atoms with Crippen LogP contribution in [0.1, 0.15) is 24.5 Å². The lowest BCUT2D eigenvalue weighted by molar-refractivity contribution is -0.145. The lowest BCUT2D eigenvalue weighted by atomic mass is 9.96. The number of nitrogens with one attached hydrogen (secondary N) is 1. The molecule has 0 radical (unpaired) electrons. The molecule has 7 heteroatoms. The number of nitrogens with two attached hydrogens (primary N) is 1. The van der Waals surface area contributed by atoms with Gasteiger partial charge in [-0.1, -0.05) is 30.3 Å². The van der Waals surface area contributed by atoms with Crippen molar-refractivity contribution in [2.75, 3.05) is 33.3 Å². The lowest BCUT2D eigenvalue weighted by Crippen LogP contribution is -2.47. The standard InChI is InChI=1S/C17H25N3O3.ClH/c1-23-15(13-6-3-2-4-7-13)17(22)20-11-5-8-14(12-20)16(21)19-10-9-18;/h2-4,6-7,14-15H,5,8-12,18H2,1H3,(H,19,21);1H. The van der Waals surface area contributed by atoms with Gasteiger partial charge in [-0.25, -0.2) is 0 Å². The first kappa shape index (κ1) is 20.4. The number of likely N-dealkylation sites (tertiary alicyclic amines) is 1. The Morgan fingerprint density at radius 1 is 1.38 bits per heavy atom. The summed E-state index contributed by atoms with van der Waals surface area (Å²) in [5, 5.41) is 2.80. The van der Waals surface area contributed by atoms with Gasteiger partial charge in [-0.15, -0.1) is 12.4 Å². The summed E-state index contributed by atoms with van der Waals surface area (Å²) in [6.45, 7) is 1.98. The van der Waals surface area contributed by atoms with E-state index in [1.165, 1.54) is 7.11 Å². The zero-order chi connectivity index (χ0) is 16.7. The number of piperidine rings is 1. The highest BCUT2D eigenvalue weighted by atomic mass is 35.5. The Hall–Kier alpha value is -1.63. The summed E-state index contributed by atoms with van der Waals surface area (Å²) in [6.07, 6.45) is 0.989. The van der Waals surface area contributed by atoms with Crippen LogP contribution in [-0.4, -0.2) is 50.0 Å². The number of ether oxygens (including phenoxy) is 1. The predicted octanol–water partition coefficient (Wildman–Crippen LogP) is 1.11. The minimum Gasteiger partial charge on any atom is -0.367 e. The van der Waals surface area contributed by atoms with E-state index in [0.29, 0.717) is 26.2 Å². The number of methoxy groups -OCH3 is 1. The molecule has 6 nitrogen and oxygen atoms in total. The fraction of sp³-hybridized carbons (Fsp3) is 0.529. The third-order valence-corrected chi connectivity index (χ3v) is 4.11. The van der Waals surface area contributed by atoms with Crippen molar-refractivity contribution in [1.82, 2.24) is 10.2 Å². The van der Waals surface area contributed by atoms with Crippen molar-refractivity contribution >= 4 is 24.2 Å². The number of amides is 2. The molecule has 134 valence electrons. The smallest absolute Gasteiger partial charge is 0.256 e. The van der Waals surface area contributed by atoms with E-state index in [-0.39, 0.29) is 30.1 Å². The van der Waals surface area contributed by atoms with Crippen LogP contribution < -0.4 is 11.1 Å². The molecule has 0 aliphatic carbocycles. The maximum Gasteiger partial charge on any atom is 0.256 e. The number of hydrogen-bond donors (Lipinski definition) is 2. The number of benzene rings is 1. The molecule has 0 spiro atoms. The second-order valence-electron chi connectivity index (χ2n) is 5.73. The summed E-state index contributed by atoms with van der Waals surface area (Å²) in [5.41, 5.74) is 6.24. The molecule has 1 aliphatic heterocycles. The van der Waals surface area contributed by atoms with E-state index in [2.05, 4.69) is 5.32 Å². The highest BCUT2D eigenvalue weighted by molar-refractivity contribution is 5.85. The Kier molecular flexibility index (Phi) is 8.74. The van der Waals surface area contributed by atoms with Gasteiger partial charge in [0.05, 0.1) is 5.92 Å². The molecular weight excluding hydrogens is 330 g/mol. The molecule has 0 bridgehead atoms. The lowest BCUT2D eigenvalue weighted by Gasteiger charge is -2.34. The van der Waals surface area contributed by atoms with Crippen LogP contribution in [0.3, 0.4) is 0 Å². The summed E-state index contributed by atoms with van der Waals surface area (Å²) in [6, 6.07) is 9.42. The maximum atomic E-state index is 12.8. The Morgan fingerprint density at radius 3 is 2.71 bits per heavy atom. The van der Waals surface area contributed by atoms with Gasteiger partial charge in [0.15, 0.2) is 6.10 Å². The van der Waals surface area contributed by atoms with Crippen molar-refractivity contribution in [3.8, 4) is 0 Å². The van der Waals surface area contributed by atoms with Crippen molar-refractivity contribution < 1.29 is 14.3 Å². The maximum absolute atomic E-state index is 12.8. The fourth-order valence-corrected chi connectivity index (χ4v) is 2.90. The van der Waals surface area contributed by atoms with Crippen molar-refractivity contribution in [2.24, 2.45) is 11.7 Å². The van der Waals surface area contributed by atoms with Gasteiger partial charge in [-0.2, -0.15) is 0 Å². The zero-order valence-corrected chi connectivity index (χ0v) is 14.8. The van der Waals surface area contributed by atoms with E-state index in [0.717, 1.165) is 18.4 Å². The first-order valence-corrected chi connectivity index (χ1v) is 8.01. The van der Waals surface area contributed by atoms with E-state index < -0.39 is 6.10 Å². The molecule has 0 aromatic heterocycles. The largest absolute Gasteiger partial charge is 0.367 e. The van der Waals surface area contributed by atoms with Gasteiger partial charge in [0.25, 0.3) is 5.91 Å². The molecule has 1 heterocycles. The third kappa shape index (κ3) is 5.19. The fourth-order valence-electron chi connectivity index (χ4n) is 2.90. The van der Waals surface area contributed by atoms with Gasteiger partial charge in [-0.05, 0) is 18.4 Å². The number of carbonyl (C=O) groups excluding carboxylic acids is 2. The van der Waals surface area contributed by atoms with E-state index in [9.17, 15) is 9.59 Å². The van der Waals surface area contributed by atoms with Gasteiger partial charge in [0.2, 0.25) is 5.91 Å². The average Bonchev–Trinajstić information content (AvgIpc) is 2.61. The first-order chi connectivity index (χ1) is 11.2. The van der Waals surface area contributed by atoms with Gasteiger partial charge in [-0.3, -0.25) is 9.59 Å². The first-order valence-electron chi connectivity index (χ1n) is 8.01. The summed E-state index contributed by atoms with van der Waals surface area (Å²) in [5.74, 6) is -0.288. The highest BCUT2D eigenvalue weighted by Gasteiger charge is 2.32. The van der Waals surface area contributed by atoms with Gasteiger partial charge < -0.3 is 20.7 Å². The Morgan fingerprint density at radius 2 is 2.08 bits per heavy atom. The number of rotatable bonds is 6. The van der Waals surface area contributed by atoms with Crippen LogP contribution >= 0.6 is 12.4 Å². The van der Waals surface area contributed by atoms with Crippen molar-refractivity contribution in [2.45, 2.75) is 18.9 Å². The number of halogens is 1. The molecular formula is C17H26ClN3O3. The normalized spacial score (nSPS) is 18.4. The van der Waals surface area contributed by atoms with Crippen molar-refractivity contribution in [3.05, 3.63) is 35.9 Å². The van der Waals surface area contributed by atoms with Gasteiger partial charge >= 0.3 is 0 Å². The Balaban J connectivity index is 0.00000288. The summed E-state index contributed by atoms with van der Waals surface area (Å²) >= 11 is 0. The predicted molar refractivity (Wildman–Crippen MR) is 94.8 cm³/mol. The molecule has 0 saturated carbocycles. The third-order valence-electron chi connectivity index (χ3n) is 4.11. The molecule has 2 amide bonds. The quantitative estimate of drug-likeness (QED) is 0.800. The molecule has 2 unspecified atom stereocenters. The minimum atomic E-state index is -0.623. The van der Waals surface area contributed by atoms with Crippen LogP contribution in [-0.2, 0) is 14.3 Å². The molecule has 1 aromatic rings.